The van der Waals surface area contributed by atoms with Gasteiger partial charge in [-0.2, -0.15) is 5.10 Å². The van der Waals surface area contributed by atoms with Crippen LogP contribution >= 0.6 is 0 Å². The van der Waals surface area contributed by atoms with E-state index in [1.54, 1.807) is 10.9 Å². The summed E-state index contributed by atoms with van der Waals surface area (Å²) in [4.78, 5) is 8.96. The van der Waals surface area contributed by atoms with E-state index in [-0.39, 0.29) is 12.4 Å². The van der Waals surface area contributed by atoms with Crippen molar-refractivity contribution in [2.75, 3.05) is 0 Å². The molecule has 0 bridgehead atoms. The Morgan fingerprint density at radius 1 is 1.03 bits per heavy atom. The molecule has 0 aliphatic heterocycles. The van der Waals surface area contributed by atoms with Gasteiger partial charge >= 0.3 is 0 Å². The van der Waals surface area contributed by atoms with Gasteiger partial charge in [0.05, 0.1) is 30.1 Å². The van der Waals surface area contributed by atoms with E-state index in [9.17, 15) is 8.78 Å². The number of aryl methyl sites for hydroxylation is 1. The van der Waals surface area contributed by atoms with Crippen molar-refractivity contribution in [3.8, 4) is 22.4 Å². The highest BCUT2D eigenvalue weighted by Gasteiger charge is 2.34. The van der Waals surface area contributed by atoms with Crippen LogP contribution in [0.25, 0.3) is 33.3 Å². The molecule has 1 fully saturated rings. The van der Waals surface area contributed by atoms with Gasteiger partial charge < -0.3 is 0 Å². The molecule has 1 aromatic carbocycles. The molecule has 1 aliphatic rings. The number of alkyl halides is 1. The zero-order chi connectivity index (χ0) is 20.7. The lowest BCUT2D eigenvalue weighted by molar-refractivity contribution is 0.139. The summed E-state index contributed by atoms with van der Waals surface area (Å²) in [5.74, 6) is -0.357. The summed E-state index contributed by atoms with van der Waals surface area (Å²) in [7, 11) is 0. The van der Waals surface area contributed by atoms with Gasteiger partial charge in [-0.15, -0.1) is 0 Å². The van der Waals surface area contributed by atoms with E-state index >= 15 is 0 Å². The first-order valence-corrected chi connectivity index (χ1v) is 10.2. The van der Waals surface area contributed by atoms with Gasteiger partial charge in [-0.3, -0.25) is 14.6 Å². The molecule has 152 valence electrons. The van der Waals surface area contributed by atoms with Gasteiger partial charge in [-0.25, -0.2) is 8.78 Å². The van der Waals surface area contributed by atoms with Gasteiger partial charge in [-0.05, 0) is 38.0 Å². The van der Waals surface area contributed by atoms with Crippen molar-refractivity contribution in [1.82, 2.24) is 19.7 Å². The number of hydrogen-bond donors (Lipinski definition) is 0. The monoisotopic (exact) mass is 404 g/mol. The third-order valence-corrected chi connectivity index (χ3v) is 5.85. The van der Waals surface area contributed by atoms with E-state index < -0.39 is 5.67 Å². The average Bonchev–Trinajstić information content (AvgIpc) is 3.37. The lowest BCUT2D eigenvalue weighted by atomic mass is 10.00. The molecule has 0 radical (unpaired) electrons. The molecule has 0 amide bonds. The van der Waals surface area contributed by atoms with Crippen LogP contribution in [-0.2, 0) is 6.54 Å². The highest BCUT2D eigenvalue weighted by molar-refractivity contribution is 5.87. The number of rotatable bonds is 4. The molecule has 1 saturated carbocycles. The third kappa shape index (κ3) is 3.58. The van der Waals surface area contributed by atoms with Crippen LogP contribution < -0.4 is 0 Å². The molecular formula is C24H22F2N4. The van der Waals surface area contributed by atoms with E-state index in [4.69, 9.17) is 4.98 Å². The Morgan fingerprint density at radius 2 is 1.87 bits per heavy atom. The van der Waals surface area contributed by atoms with Crippen LogP contribution in [0.5, 0.6) is 0 Å². The highest BCUT2D eigenvalue weighted by Crippen LogP contribution is 2.36. The van der Waals surface area contributed by atoms with Crippen LogP contribution in [0.3, 0.4) is 0 Å². The van der Waals surface area contributed by atoms with Crippen molar-refractivity contribution in [2.45, 2.75) is 44.8 Å². The van der Waals surface area contributed by atoms with E-state index in [1.165, 1.54) is 12.3 Å². The summed E-state index contributed by atoms with van der Waals surface area (Å²) in [6.45, 7) is 2.23. The fraction of sp³-hybridized carbons (Fsp3) is 0.292. The van der Waals surface area contributed by atoms with Gasteiger partial charge in [0, 0.05) is 34.0 Å². The van der Waals surface area contributed by atoms with Crippen LogP contribution in [0.15, 0.2) is 55.0 Å². The SMILES string of the molecule is Cc1ccc(-c2cnn(CC3(F)CCCC3)c2)c(-c2ccc3cc(F)cnc3c2)n1. The largest absolute Gasteiger partial charge is 0.269 e. The summed E-state index contributed by atoms with van der Waals surface area (Å²) in [5.41, 5.74) is 3.96. The predicted octanol–water partition coefficient (Wildman–Crippen LogP) is 5.89. The molecule has 0 N–H and O–H groups in total. The molecular weight excluding hydrogens is 382 g/mol. The van der Waals surface area contributed by atoms with Gasteiger partial charge in [0.15, 0.2) is 0 Å². The van der Waals surface area contributed by atoms with Gasteiger partial charge in [0.2, 0.25) is 0 Å². The molecule has 6 heteroatoms. The Balaban J connectivity index is 1.54. The van der Waals surface area contributed by atoms with Crippen molar-refractivity contribution in [2.24, 2.45) is 0 Å². The molecule has 0 atom stereocenters. The molecule has 0 spiro atoms. The van der Waals surface area contributed by atoms with Crippen LogP contribution in [0.2, 0.25) is 0 Å². The maximum atomic E-state index is 14.9. The standard InChI is InChI=1S/C24H22F2N4/c1-16-4-7-21(19-12-28-30(14-19)15-24(26)8-2-3-9-24)23(29-16)18-6-5-17-10-20(25)13-27-22(17)11-18/h4-7,10-14H,2-3,8-9,15H2,1H3. The molecule has 3 aromatic heterocycles. The first kappa shape index (κ1) is 18.9. The average molecular weight is 404 g/mol. The second-order valence-corrected chi connectivity index (χ2v) is 8.19. The Morgan fingerprint density at radius 3 is 2.70 bits per heavy atom. The topological polar surface area (TPSA) is 43.6 Å². The molecule has 1 aliphatic carbocycles. The van der Waals surface area contributed by atoms with Crippen LogP contribution in [0.4, 0.5) is 8.78 Å². The molecule has 0 saturated heterocycles. The summed E-state index contributed by atoms with van der Waals surface area (Å²) in [6, 6.07) is 11.1. The molecule has 3 heterocycles. The van der Waals surface area contributed by atoms with Crippen molar-refractivity contribution < 1.29 is 8.78 Å². The van der Waals surface area contributed by atoms with Crippen molar-refractivity contribution in [1.29, 1.82) is 0 Å². The summed E-state index contributed by atoms with van der Waals surface area (Å²) in [5, 5.41) is 5.15. The minimum absolute atomic E-state index is 0.285. The van der Waals surface area contributed by atoms with E-state index in [0.29, 0.717) is 18.4 Å². The highest BCUT2D eigenvalue weighted by atomic mass is 19.1. The predicted molar refractivity (Wildman–Crippen MR) is 113 cm³/mol. The van der Waals surface area contributed by atoms with Crippen molar-refractivity contribution in [3.63, 3.8) is 0 Å². The second-order valence-electron chi connectivity index (χ2n) is 8.19. The molecule has 0 unspecified atom stereocenters. The van der Waals surface area contributed by atoms with Gasteiger partial charge in [0.25, 0.3) is 0 Å². The number of benzene rings is 1. The van der Waals surface area contributed by atoms with Crippen LogP contribution in [0, 0.1) is 12.7 Å². The number of nitrogens with zero attached hydrogens (tertiary/aromatic N) is 4. The molecule has 4 nitrogen and oxygen atoms in total. The first-order valence-electron chi connectivity index (χ1n) is 10.2. The number of fused-ring (bicyclic) bond motifs is 1. The minimum Gasteiger partial charge on any atom is -0.269 e. The molecule has 5 rings (SSSR count). The number of hydrogen-bond acceptors (Lipinski definition) is 3. The van der Waals surface area contributed by atoms with Gasteiger partial charge in [0.1, 0.15) is 11.5 Å². The Hall–Kier alpha value is -3.15. The number of halogens is 2. The lowest BCUT2D eigenvalue weighted by Gasteiger charge is -2.18. The van der Waals surface area contributed by atoms with Crippen LogP contribution in [0.1, 0.15) is 31.4 Å². The van der Waals surface area contributed by atoms with E-state index in [2.05, 4.69) is 10.1 Å². The fourth-order valence-electron chi connectivity index (χ4n) is 4.30. The van der Waals surface area contributed by atoms with E-state index in [1.807, 2.05) is 43.5 Å². The smallest absolute Gasteiger partial charge is 0.142 e. The number of aromatic nitrogens is 4. The second kappa shape index (κ2) is 7.27. The maximum Gasteiger partial charge on any atom is 0.142 e. The number of pyridine rings is 2. The maximum absolute atomic E-state index is 14.9. The fourth-order valence-corrected chi connectivity index (χ4v) is 4.30. The quantitative estimate of drug-likeness (QED) is 0.426. The molecule has 30 heavy (non-hydrogen) atoms. The molecule has 4 aromatic rings. The minimum atomic E-state index is -1.16. The summed E-state index contributed by atoms with van der Waals surface area (Å²) in [6.07, 6.45) is 7.96. The lowest BCUT2D eigenvalue weighted by Crippen LogP contribution is -2.25. The first-order chi connectivity index (χ1) is 14.5. The summed E-state index contributed by atoms with van der Waals surface area (Å²) < 4.78 is 30.0. The van der Waals surface area contributed by atoms with Crippen LogP contribution in [-0.4, -0.2) is 25.4 Å². The summed E-state index contributed by atoms with van der Waals surface area (Å²) >= 11 is 0. The Labute approximate surface area is 173 Å². The van der Waals surface area contributed by atoms with E-state index in [0.717, 1.165) is 46.3 Å². The third-order valence-electron chi connectivity index (χ3n) is 5.85. The van der Waals surface area contributed by atoms with Crippen molar-refractivity contribution >= 4 is 10.9 Å². The zero-order valence-electron chi connectivity index (χ0n) is 16.8. The zero-order valence-corrected chi connectivity index (χ0v) is 16.8. The van der Waals surface area contributed by atoms with Crippen molar-refractivity contribution in [3.05, 3.63) is 66.5 Å². The Bertz CT molecular complexity index is 1230. The van der Waals surface area contributed by atoms with Gasteiger partial charge in [-0.1, -0.05) is 31.0 Å². The normalized spacial score (nSPS) is 15.7. The Kier molecular flexibility index (Phi) is 4.57.